The second-order valence-corrected chi connectivity index (χ2v) is 5.33. The number of rotatable bonds is 8. The molecule has 0 saturated heterocycles. The zero-order chi connectivity index (χ0) is 16.8. The van der Waals surface area contributed by atoms with E-state index in [4.69, 9.17) is 10.5 Å². The highest BCUT2D eigenvalue weighted by molar-refractivity contribution is 5.41. The maximum absolute atomic E-state index is 12.9. The van der Waals surface area contributed by atoms with Gasteiger partial charge in [0.05, 0.1) is 18.3 Å². The van der Waals surface area contributed by atoms with E-state index in [0.717, 1.165) is 18.6 Å². The molecule has 0 aliphatic rings. The molecule has 1 aromatic carbocycles. The summed E-state index contributed by atoms with van der Waals surface area (Å²) in [6.07, 6.45) is -3.46. The molecule has 2 unspecified atom stereocenters. The Morgan fingerprint density at radius 2 is 1.95 bits per heavy atom. The van der Waals surface area contributed by atoms with E-state index < -0.39 is 17.8 Å². The lowest BCUT2D eigenvalue weighted by Gasteiger charge is -2.22. The third kappa shape index (κ3) is 5.18. The summed E-state index contributed by atoms with van der Waals surface area (Å²) in [6.45, 7) is 4.33. The molecule has 0 saturated carbocycles. The van der Waals surface area contributed by atoms with Crippen molar-refractivity contribution in [3.8, 4) is 5.75 Å². The third-order valence-corrected chi connectivity index (χ3v) is 3.56. The SMILES string of the molecule is CCCOc1ccc(C(F)(F)F)cc1C(CC)CC(O)CN. The topological polar surface area (TPSA) is 55.5 Å². The van der Waals surface area contributed by atoms with Gasteiger partial charge in [0.25, 0.3) is 0 Å². The van der Waals surface area contributed by atoms with E-state index in [-0.39, 0.29) is 12.5 Å². The van der Waals surface area contributed by atoms with Gasteiger partial charge in [0.2, 0.25) is 0 Å². The number of benzene rings is 1. The molecule has 0 aromatic heterocycles. The fraction of sp³-hybridized carbons (Fsp3) is 0.625. The normalized spacial score (nSPS) is 14.7. The van der Waals surface area contributed by atoms with Crippen LogP contribution in [0.15, 0.2) is 18.2 Å². The van der Waals surface area contributed by atoms with Crippen molar-refractivity contribution in [1.29, 1.82) is 0 Å². The van der Waals surface area contributed by atoms with Crippen molar-refractivity contribution in [3.63, 3.8) is 0 Å². The van der Waals surface area contributed by atoms with Gasteiger partial charge in [0.1, 0.15) is 5.75 Å². The predicted octanol–water partition coefficient (Wildman–Crippen LogP) is 3.70. The molecular weight excluding hydrogens is 295 g/mol. The lowest BCUT2D eigenvalue weighted by Crippen LogP contribution is -2.22. The van der Waals surface area contributed by atoms with Gasteiger partial charge in [-0.2, -0.15) is 13.2 Å². The van der Waals surface area contributed by atoms with Crippen molar-refractivity contribution in [2.24, 2.45) is 5.73 Å². The first-order valence-corrected chi connectivity index (χ1v) is 7.55. The number of hydrogen-bond donors (Lipinski definition) is 2. The maximum atomic E-state index is 12.9. The molecule has 0 amide bonds. The minimum absolute atomic E-state index is 0.0839. The minimum Gasteiger partial charge on any atom is -0.493 e. The first-order chi connectivity index (χ1) is 10.3. The number of aliphatic hydroxyl groups is 1. The van der Waals surface area contributed by atoms with Crippen LogP contribution in [0.4, 0.5) is 13.2 Å². The van der Waals surface area contributed by atoms with E-state index in [2.05, 4.69) is 0 Å². The summed E-state index contributed by atoms with van der Waals surface area (Å²) < 4.78 is 44.4. The van der Waals surface area contributed by atoms with Gasteiger partial charge in [-0.1, -0.05) is 13.8 Å². The molecule has 0 aliphatic carbocycles. The van der Waals surface area contributed by atoms with E-state index >= 15 is 0 Å². The third-order valence-electron chi connectivity index (χ3n) is 3.56. The number of nitrogens with two attached hydrogens (primary N) is 1. The summed E-state index contributed by atoms with van der Waals surface area (Å²) in [7, 11) is 0. The van der Waals surface area contributed by atoms with Crippen LogP contribution in [0.25, 0.3) is 0 Å². The number of halogens is 3. The largest absolute Gasteiger partial charge is 0.493 e. The monoisotopic (exact) mass is 319 g/mol. The summed E-state index contributed by atoms with van der Waals surface area (Å²) in [5.41, 5.74) is 5.19. The Hall–Kier alpha value is -1.27. The van der Waals surface area contributed by atoms with Crippen LogP contribution in [0, 0.1) is 0 Å². The summed E-state index contributed by atoms with van der Waals surface area (Å²) in [6, 6.07) is 3.52. The predicted molar refractivity (Wildman–Crippen MR) is 79.9 cm³/mol. The van der Waals surface area contributed by atoms with Crippen molar-refractivity contribution in [2.45, 2.75) is 51.3 Å². The second-order valence-electron chi connectivity index (χ2n) is 5.33. The van der Waals surface area contributed by atoms with Crippen LogP contribution in [0.1, 0.15) is 50.2 Å². The number of hydrogen-bond acceptors (Lipinski definition) is 3. The van der Waals surface area contributed by atoms with E-state index in [9.17, 15) is 18.3 Å². The Balaban J connectivity index is 3.18. The van der Waals surface area contributed by atoms with Gasteiger partial charge >= 0.3 is 6.18 Å². The minimum atomic E-state index is -4.40. The molecule has 22 heavy (non-hydrogen) atoms. The van der Waals surface area contributed by atoms with Crippen LogP contribution >= 0.6 is 0 Å². The van der Waals surface area contributed by atoms with Gasteiger partial charge in [-0.3, -0.25) is 0 Å². The van der Waals surface area contributed by atoms with Crippen molar-refractivity contribution in [1.82, 2.24) is 0 Å². The van der Waals surface area contributed by atoms with Gasteiger partial charge in [-0.05, 0) is 48.9 Å². The zero-order valence-electron chi connectivity index (χ0n) is 13.0. The van der Waals surface area contributed by atoms with Gasteiger partial charge in [0.15, 0.2) is 0 Å². The Labute approximate surface area is 129 Å². The lowest BCUT2D eigenvalue weighted by molar-refractivity contribution is -0.137. The lowest BCUT2D eigenvalue weighted by atomic mass is 9.89. The number of aliphatic hydroxyl groups excluding tert-OH is 1. The quantitative estimate of drug-likeness (QED) is 0.768. The Morgan fingerprint density at radius 1 is 1.27 bits per heavy atom. The van der Waals surface area contributed by atoms with Crippen molar-refractivity contribution >= 4 is 0 Å². The van der Waals surface area contributed by atoms with Crippen LogP contribution < -0.4 is 10.5 Å². The molecule has 6 heteroatoms. The summed E-state index contributed by atoms with van der Waals surface area (Å²) >= 11 is 0. The van der Waals surface area contributed by atoms with Crippen molar-refractivity contribution in [3.05, 3.63) is 29.3 Å². The van der Waals surface area contributed by atoms with Crippen LogP contribution in [0.2, 0.25) is 0 Å². The highest BCUT2D eigenvalue weighted by Crippen LogP contribution is 2.38. The molecule has 1 rings (SSSR count). The van der Waals surface area contributed by atoms with Crippen LogP contribution in [-0.2, 0) is 6.18 Å². The first-order valence-electron chi connectivity index (χ1n) is 7.55. The van der Waals surface area contributed by atoms with Crippen LogP contribution in [-0.4, -0.2) is 24.4 Å². The molecule has 0 fully saturated rings. The second kappa shape index (κ2) is 8.39. The molecule has 0 bridgehead atoms. The van der Waals surface area contributed by atoms with Gasteiger partial charge < -0.3 is 15.6 Å². The first kappa shape index (κ1) is 18.8. The smallest absolute Gasteiger partial charge is 0.416 e. The summed E-state index contributed by atoms with van der Waals surface area (Å²) in [5.74, 6) is 0.221. The van der Waals surface area contributed by atoms with E-state index in [1.807, 2.05) is 13.8 Å². The molecule has 0 heterocycles. The van der Waals surface area contributed by atoms with Gasteiger partial charge in [-0.25, -0.2) is 0 Å². The molecule has 0 radical (unpaired) electrons. The van der Waals surface area contributed by atoms with E-state index in [1.54, 1.807) is 0 Å². The zero-order valence-corrected chi connectivity index (χ0v) is 13.0. The summed E-state index contributed by atoms with van der Waals surface area (Å²) in [4.78, 5) is 0. The molecule has 3 nitrogen and oxygen atoms in total. The number of ether oxygens (including phenoxy) is 1. The highest BCUT2D eigenvalue weighted by atomic mass is 19.4. The number of alkyl halides is 3. The van der Waals surface area contributed by atoms with Crippen molar-refractivity contribution < 1.29 is 23.0 Å². The average Bonchev–Trinajstić information content (AvgIpc) is 2.49. The average molecular weight is 319 g/mol. The fourth-order valence-corrected chi connectivity index (χ4v) is 2.33. The van der Waals surface area contributed by atoms with Crippen LogP contribution in [0.5, 0.6) is 5.75 Å². The standard InChI is InChI=1S/C16H24F3NO2/c1-3-7-22-15-6-5-12(16(17,18)19)9-14(15)11(4-2)8-13(21)10-20/h5-6,9,11,13,21H,3-4,7-8,10,20H2,1-2H3. The molecule has 0 spiro atoms. The molecule has 3 N–H and O–H groups in total. The molecular formula is C16H24F3NO2. The fourth-order valence-electron chi connectivity index (χ4n) is 2.33. The van der Waals surface area contributed by atoms with E-state index in [0.29, 0.717) is 30.8 Å². The molecule has 1 aromatic rings. The Morgan fingerprint density at radius 3 is 2.45 bits per heavy atom. The molecule has 2 atom stereocenters. The molecule has 126 valence electrons. The van der Waals surface area contributed by atoms with Crippen molar-refractivity contribution in [2.75, 3.05) is 13.2 Å². The van der Waals surface area contributed by atoms with E-state index in [1.165, 1.54) is 6.07 Å². The Kier molecular flexibility index (Phi) is 7.16. The van der Waals surface area contributed by atoms with Crippen LogP contribution in [0.3, 0.4) is 0 Å². The maximum Gasteiger partial charge on any atom is 0.416 e. The summed E-state index contributed by atoms with van der Waals surface area (Å²) in [5, 5.41) is 9.73. The molecule has 0 aliphatic heterocycles. The van der Waals surface area contributed by atoms with Gasteiger partial charge in [-0.15, -0.1) is 0 Å². The highest BCUT2D eigenvalue weighted by Gasteiger charge is 2.32. The Bertz CT molecular complexity index is 463. The van der Waals surface area contributed by atoms with Gasteiger partial charge in [0, 0.05) is 6.54 Å².